The van der Waals surface area contributed by atoms with E-state index in [0.29, 0.717) is 16.7 Å². The van der Waals surface area contributed by atoms with Crippen LogP contribution in [-0.2, 0) is 9.53 Å². The van der Waals surface area contributed by atoms with Crippen LogP contribution < -0.4 is 4.74 Å². The van der Waals surface area contributed by atoms with Crippen molar-refractivity contribution in [2.45, 2.75) is 19.8 Å². The number of Topliss-reactive ketones (excluding diaryl/α,β-unsaturated/α-hetero) is 1. The van der Waals surface area contributed by atoms with Crippen molar-refractivity contribution in [2.75, 3.05) is 13.7 Å². The predicted octanol–water partition coefficient (Wildman–Crippen LogP) is 4.01. The zero-order valence-electron chi connectivity index (χ0n) is 16.6. The van der Waals surface area contributed by atoms with Crippen LogP contribution in [0.15, 0.2) is 42.5 Å². The molecule has 0 spiro atoms. The SMILES string of the molecule is CCOC(=O)CCC(=O)c1nc2cc(-c3cccc(OC)c3)ccc2c(C#N)c1O. The van der Waals surface area contributed by atoms with E-state index in [0.717, 1.165) is 11.1 Å². The number of pyridine rings is 1. The van der Waals surface area contributed by atoms with E-state index in [1.165, 1.54) is 0 Å². The lowest BCUT2D eigenvalue weighted by Crippen LogP contribution is -2.10. The Balaban J connectivity index is 2.04. The number of hydrogen-bond acceptors (Lipinski definition) is 7. The summed E-state index contributed by atoms with van der Waals surface area (Å²) in [5, 5.41) is 20.4. The molecule has 152 valence electrons. The summed E-state index contributed by atoms with van der Waals surface area (Å²) < 4.78 is 10.1. The fraction of sp³-hybridized carbons (Fsp3) is 0.217. The number of carbonyl (C=O) groups excluding carboxylic acids is 2. The molecule has 0 fully saturated rings. The van der Waals surface area contributed by atoms with Gasteiger partial charge < -0.3 is 14.6 Å². The van der Waals surface area contributed by atoms with Crippen LogP contribution in [0.2, 0.25) is 0 Å². The molecule has 1 aromatic heterocycles. The maximum atomic E-state index is 12.6. The quantitative estimate of drug-likeness (QED) is 0.468. The first-order valence-electron chi connectivity index (χ1n) is 9.38. The first-order valence-corrected chi connectivity index (χ1v) is 9.38. The summed E-state index contributed by atoms with van der Waals surface area (Å²) >= 11 is 0. The third-order valence-corrected chi connectivity index (χ3v) is 4.60. The van der Waals surface area contributed by atoms with E-state index in [9.17, 15) is 20.0 Å². The summed E-state index contributed by atoms with van der Waals surface area (Å²) in [5.74, 6) is -0.829. The van der Waals surface area contributed by atoms with Gasteiger partial charge in [0, 0.05) is 11.8 Å². The van der Waals surface area contributed by atoms with Crippen molar-refractivity contribution in [1.29, 1.82) is 5.26 Å². The lowest BCUT2D eigenvalue weighted by Gasteiger charge is -2.10. The highest BCUT2D eigenvalue weighted by Crippen LogP contribution is 2.32. The van der Waals surface area contributed by atoms with Gasteiger partial charge in [-0.2, -0.15) is 5.26 Å². The van der Waals surface area contributed by atoms with Crippen LogP contribution in [0.4, 0.5) is 0 Å². The van der Waals surface area contributed by atoms with E-state index < -0.39 is 17.5 Å². The summed E-state index contributed by atoms with van der Waals surface area (Å²) in [7, 11) is 1.58. The van der Waals surface area contributed by atoms with E-state index in [4.69, 9.17) is 9.47 Å². The first kappa shape index (κ1) is 20.8. The monoisotopic (exact) mass is 404 g/mol. The maximum absolute atomic E-state index is 12.6. The Morgan fingerprint density at radius 1 is 1.13 bits per heavy atom. The van der Waals surface area contributed by atoms with Crippen molar-refractivity contribution in [3.8, 4) is 28.7 Å². The average molecular weight is 404 g/mol. The van der Waals surface area contributed by atoms with Gasteiger partial charge in [0.05, 0.1) is 25.7 Å². The van der Waals surface area contributed by atoms with Gasteiger partial charge in [0.1, 0.15) is 23.1 Å². The van der Waals surface area contributed by atoms with Crippen molar-refractivity contribution in [3.05, 3.63) is 53.7 Å². The average Bonchev–Trinajstić information content (AvgIpc) is 2.77. The maximum Gasteiger partial charge on any atom is 0.306 e. The molecule has 7 heteroatoms. The number of ketones is 1. The molecule has 0 aliphatic heterocycles. The van der Waals surface area contributed by atoms with Crippen molar-refractivity contribution in [1.82, 2.24) is 4.98 Å². The summed E-state index contributed by atoms with van der Waals surface area (Å²) in [5.41, 5.74) is 1.82. The van der Waals surface area contributed by atoms with Crippen LogP contribution in [0.1, 0.15) is 35.8 Å². The Morgan fingerprint density at radius 2 is 1.90 bits per heavy atom. The molecule has 0 aliphatic carbocycles. The molecule has 0 saturated carbocycles. The molecule has 0 aliphatic rings. The third-order valence-electron chi connectivity index (χ3n) is 4.60. The topological polar surface area (TPSA) is 110 Å². The molecular formula is C23H20N2O5. The Morgan fingerprint density at radius 3 is 2.60 bits per heavy atom. The highest BCUT2D eigenvalue weighted by atomic mass is 16.5. The zero-order valence-corrected chi connectivity index (χ0v) is 16.6. The van der Waals surface area contributed by atoms with Gasteiger partial charge in [0.25, 0.3) is 0 Å². The van der Waals surface area contributed by atoms with Crippen LogP contribution in [0, 0.1) is 11.3 Å². The molecule has 0 radical (unpaired) electrons. The largest absolute Gasteiger partial charge is 0.504 e. The van der Waals surface area contributed by atoms with Crippen molar-refractivity contribution in [2.24, 2.45) is 0 Å². The van der Waals surface area contributed by atoms with Crippen molar-refractivity contribution in [3.63, 3.8) is 0 Å². The van der Waals surface area contributed by atoms with Gasteiger partial charge in [-0.25, -0.2) is 4.98 Å². The Kier molecular flexibility index (Phi) is 6.28. The number of carbonyl (C=O) groups is 2. The second-order valence-electron chi connectivity index (χ2n) is 6.49. The number of ether oxygens (including phenoxy) is 2. The minimum atomic E-state index is -0.536. The molecule has 1 N–H and O–H groups in total. The highest BCUT2D eigenvalue weighted by molar-refractivity contribution is 6.03. The number of nitrogens with zero attached hydrogens (tertiary/aromatic N) is 2. The van der Waals surface area contributed by atoms with Gasteiger partial charge in [-0.15, -0.1) is 0 Å². The third kappa shape index (κ3) is 4.23. The molecular weight excluding hydrogens is 384 g/mol. The molecule has 0 unspecified atom stereocenters. The van der Waals surface area contributed by atoms with E-state index in [1.54, 1.807) is 32.2 Å². The van der Waals surface area contributed by atoms with Gasteiger partial charge in [0.2, 0.25) is 0 Å². The van der Waals surface area contributed by atoms with E-state index in [2.05, 4.69) is 4.98 Å². The van der Waals surface area contributed by atoms with Gasteiger partial charge >= 0.3 is 5.97 Å². The number of fused-ring (bicyclic) bond motifs is 1. The van der Waals surface area contributed by atoms with Crippen LogP contribution in [0.3, 0.4) is 0 Å². The van der Waals surface area contributed by atoms with Gasteiger partial charge in [-0.1, -0.05) is 24.3 Å². The molecule has 1 heterocycles. The molecule has 3 aromatic rings. The fourth-order valence-electron chi connectivity index (χ4n) is 3.11. The molecule has 0 atom stereocenters. The lowest BCUT2D eigenvalue weighted by molar-refractivity contribution is -0.143. The number of hydrogen-bond donors (Lipinski definition) is 1. The Hall–Kier alpha value is -3.92. The smallest absolute Gasteiger partial charge is 0.306 e. The van der Waals surface area contributed by atoms with Gasteiger partial charge in [0.15, 0.2) is 11.5 Å². The molecule has 7 nitrogen and oxygen atoms in total. The Bertz CT molecular complexity index is 1160. The standard InChI is InChI=1S/C23H20N2O5/c1-3-30-21(27)10-9-20(26)22-23(28)18(13-24)17-8-7-15(12-19(17)25-22)14-5-4-6-16(11-14)29-2/h4-8,11-12,28H,3,9-10H2,1-2H3. The molecule has 0 bridgehead atoms. The number of esters is 1. The first-order chi connectivity index (χ1) is 14.5. The van der Waals surface area contributed by atoms with Crippen LogP contribution in [-0.4, -0.2) is 35.6 Å². The molecule has 0 saturated heterocycles. The summed E-state index contributed by atoms with van der Waals surface area (Å²) in [6.07, 6.45) is -0.303. The van der Waals surface area contributed by atoms with Crippen LogP contribution in [0.25, 0.3) is 22.0 Å². The van der Waals surface area contributed by atoms with E-state index >= 15 is 0 Å². The molecule has 0 amide bonds. The van der Waals surface area contributed by atoms with E-state index in [1.807, 2.05) is 30.3 Å². The van der Waals surface area contributed by atoms with Crippen molar-refractivity contribution < 1.29 is 24.2 Å². The summed E-state index contributed by atoms with van der Waals surface area (Å²) in [6, 6.07) is 14.6. The zero-order chi connectivity index (χ0) is 21.7. The molecule has 3 rings (SSSR count). The van der Waals surface area contributed by atoms with Crippen molar-refractivity contribution >= 4 is 22.7 Å². The lowest BCUT2D eigenvalue weighted by atomic mass is 9.99. The number of benzene rings is 2. The number of nitriles is 1. The minimum absolute atomic E-state index is 0.0309. The number of methoxy groups -OCH3 is 1. The minimum Gasteiger partial charge on any atom is -0.504 e. The second-order valence-corrected chi connectivity index (χ2v) is 6.49. The second kappa shape index (κ2) is 9.05. The summed E-state index contributed by atoms with van der Waals surface area (Å²) in [4.78, 5) is 28.4. The fourth-order valence-corrected chi connectivity index (χ4v) is 3.11. The van der Waals surface area contributed by atoms with Gasteiger partial charge in [-0.3, -0.25) is 9.59 Å². The number of aromatic nitrogens is 1. The molecule has 30 heavy (non-hydrogen) atoms. The van der Waals surface area contributed by atoms with Crippen LogP contribution in [0.5, 0.6) is 11.5 Å². The van der Waals surface area contributed by atoms with Crippen LogP contribution >= 0.6 is 0 Å². The highest BCUT2D eigenvalue weighted by Gasteiger charge is 2.21. The number of rotatable bonds is 7. The summed E-state index contributed by atoms with van der Waals surface area (Å²) in [6.45, 7) is 1.90. The predicted molar refractivity (Wildman–Crippen MR) is 110 cm³/mol. The normalized spacial score (nSPS) is 10.4. The number of aromatic hydroxyl groups is 1. The Labute approximate surface area is 173 Å². The molecule has 2 aromatic carbocycles. The van der Waals surface area contributed by atoms with E-state index in [-0.39, 0.29) is 30.7 Å². The van der Waals surface area contributed by atoms with Gasteiger partial charge in [-0.05, 0) is 36.2 Å².